The van der Waals surface area contributed by atoms with Crippen molar-refractivity contribution >= 4 is 5.69 Å². The molecule has 30 heavy (non-hydrogen) atoms. The maximum Gasteiger partial charge on any atom is 0.0397 e. The van der Waals surface area contributed by atoms with Crippen molar-refractivity contribution in [1.29, 1.82) is 0 Å². The van der Waals surface area contributed by atoms with Gasteiger partial charge >= 0.3 is 0 Å². The molecule has 0 radical (unpaired) electrons. The quantitative estimate of drug-likeness (QED) is 0.343. The molecule has 0 amide bonds. The zero-order valence-corrected chi connectivity index (χ0v) is 19.3. The first-order chi connectivity index (χ1) is 14.4. The Bertz CT molecular complexity index is 853. The largest absolute Gasteiger partial charge is 0.377 e. The normalized spacial score (nSPS) is 14.8. The van der Waals surface area contributed by atoms with Crippen molar-refractivity contribution < 1.29 is 0 Å². The van der Waals surface area contributed by atoms with Crippen LogP contribution in [0.15, 0.2) is 55.3 Å². The van der Waals surface area contributed by atoms with Crippen molar-refractivity contribution in [2.45, 2.75) is 63.8 Å². The molecule has 0 aliphatic heterocycles. The van der Waals surface area contributed by atoms with Gasteiger partial charge in [-0.3, -0.25) is 0 Å². The summed E-state index contributed by atoms with van der Waals surface area (Å²) in [5.74, 6) is 0. The van der Waals surface area contributed by atoms with Crippen molar-refractivity contribution in [2.24, 2.45) is 0 Å². The Labute approximate surface area is 183 Å². The van der Waals surface area contributed by atoms with E-state index in [1.54, 1.807) is 0 Å². The van der Waals surface area contributed by atoms with Gasteiger partial charge in [0.05, 0.1) is 0 Å². The second-order valence-corrected chi connectivity index (χ2v) is 9.38. The summed E-state index contributed by atoms with van der Waals surface area (Å²) < 4.78 is 0. The van der Waals surface area contributed by atoms with Crippen molar-refractivity contribution in [1.82, 2.24) is 10.3 Å². The average Bonchev–Trinajstić information content (AvgIpc) is 3.17. The molecule has 1 fully saturated rings. The van der Waals surface area contributed by atoms with Gasteiger partial charge in [-0.15, -0.1) is 6.58 Å². The molecule has 3 nitrogen and oxygen atoms in total. The highest BCUT2D eigenvalue weighted by molar-refractivity contribution is 5.69. The van der Waals surface area contributed by atoms with Crippen LogP contribution in [0.5, 0.6) is 0 Å². The lowest BCUT2D eigenvalue weighted by Gasteiger charge is -2.26. The van der Waals surface area contributed by atoms with Crippen molar-refractivity contribution in [3.63, 3.8) is 0 Å². The minimum atomic E-state index is -0.00677. The number of nitrogens with zero attached hydrogens (tertiary/aromatic N) is 1. The SMILES string of the molecule is C=CCc1cc(-c2c[nH]c(C(C)(C)/C=C\CCCNC3CCC3)c2)ccc1N(C)C. The first kappa shape index (κ1) is 22.4. The minimum absolute atomic E-state index is 0.00677. The Morgan fingerprint density at radius 2 is 2.00 bits per heavy atom. The lowest BCUT2D eigenvalue weighted by Crippen LogP contribution is -2.35. The number of hydrogen-bond donors (Lipinski definition) is 2. The van der Waals surface area contributed by atoms with Gasteiger partial charge in [-0.05, 0) is 73.5 Å². The molecule has 2 N–H and O–H groups in total. The van der Waals surface area contributed by atoms with Gasteiger partial charge < -0.3 is 15.2 Å². The third-order valence-corrected chi connectivity index (χ3v) is 6.26. The molecule has 0 saturated heterocycles. The number of rotatable bonds is 11. The van der Waals surface area contributed by atoms with E-state index in [1.807, 2.05) is 6.08 Å². The molecule has 1 aliphatic rings. The van der Waals surface area contributed by atoms with Gasteiger partial charge in [0, 0.05) is 43.1 Å². The van der Waals surface area contributed by atoms with Gasteiger partial charge in [0.15, 0.2) is 0 Å². The lowest BCUT2D eigenvalue weighted by molar-refractivity contribution is 0.339. The molecule has 0 spiro atoms. The molecule has 3 heteroatoms. The van der Waals surface area contributed by atoms with Gasteiger partial charge in [0.2, 0.25) is 0 Å². The van der Waals surface area contributed by atoms with Gasteiger partial charge in [-0.2, -0.15) is 0 Å². The highest BCUT2D eigenvalue weighted by Crippen LogP contribution is 2.31. The number of nitrogens with one attached hydrogen (secondary N) is 2. The molecule has 3 rings (SSSR count). The first-order valence-corrected chi connectivity index (χ1v) is 11.4. The zero-order valence-electron chi connectivity index (χ0n) is 19.3. The van der Waals surface area contributed by atoms with Crippen molar-refractivity contribution in [3.05, 3.63) is 66.5 Å². The predicted molar refractivity (Wildman–Crippen MR) is 131 cm³/mol. The van der Waals surface area contributed by atoms with Crippen LogP contribution in [-0.2, 0) is 11.8 Å². The molecular weight excluding hydrogens is 366 g/mol. The maximum atomic E-state index is 3.92. The molecule has 0 atom stereocenters. The van der Waals surface area contributed by atoms with Crippen LogP contribution < -0.4 is 10.2 Å². The summed E-state index contributed by atoms with van der Waals surface area (Å²) in [5.41, 5.74) is 6.30. The van der Waals surface area contributed by atoms with Crippen LogP contribution in [-0.4, -0.2) is 31.7 Å². The molecular formula is C27H39N3. The lowest BCUT2D eigenvalue weighted by atomic mass is 9.88. The van der Waals surface area contributed by atoms with Crippen LogP contribution in [0.1, 0.15) is 57.2 Å². The number of aromatic amines is 1. The van der Waals surface area contributed by atoms with Gasteiger partial charge in [0.1, 0.15) is 0 Å². The fourth-order valence-corrected chi connectivity index (χ4v) is 4.06. The van der Waals surface area contributed by atoms with Crippen LogP contribution in [0.4, 0.5) is 5.69 Å². The number of hydrogen-bond acceptors (Lipinski definition) is 2. The fourth-order valence-electron chi connectivity index (χ4n) is 4.06. The maximum absolute atomic E-state index is 3.92. The van der Waals surface area contributed by atoms with Gasteiger partial charge in [0.25, 0.3) is 0 Å². The number of aromatic nitrogens is 1. The standard InChI is InChI=1S/C27H39N3/c1-6-11-22-18-21(14-15-25(22)30(4)5)23-19-26(29-20-23)27(2,3)16-8-7-9-17-28-24-12-10-13-24/h6,8,14-16,18-20,24,28-29H,1,7,9-13,17H2,2-5H3/b16-8-. The second-order valence-electron chi connectivity index (χ2n) is 9.38. The number of H-pyrrole nitrogens is 1. The van der Waals surface area contributed by atoms with Gasteiger partial charge in [-0.25, -0.2) is 0 Å². The summed E-state index contributed by atoms with van der Waals surface area (Å²) in [4.78, 5) is 5.69. The molecule has 2 aromatic rings. The molecule has 1 heterocycles. The van der Waals surface area contributed by atoms with Crippen molar-refractivity contribution in [2.75, 3.05) is 25.5 Å². The highest BCUT2D eigenvalue weighted by Gasteiger charge is 2.19. The van der Waals surface area contributed by atoms with E-state index in [1.165, 1.54) is 53.8 Å². The third kappa shape index (κ3) is 5.66. The topological polar surface area (TPSA) is 31.1 Å². The van der Waals surface area contributed by atoms with Crippen LogP contribution in [0.25, 0.3) is 11.1 Å². The molecule has 1 saturated carbocycles. The van der Waals surface area contributed by atoms with Crippen LogP contribution in [0.2, 0.25) is 0 Å². The van der Waals surface area contributed by atoms with E-state index >= 15 is 0 Å². The average molecular weight is 406 g/mol. The zero-order chi connectivity index (χ0) is 21.6. The van der Waals surface area contributed by atoms with Crippen LogP contribution >= 0.6 is 0 Å². The number of allylic oxidation sites excluding steroid dienone is 3. The Hall–Kier alpha value is -2.26. The van der Waals surface area contributed by atoms with Crippen LogP contribution in [0, 0.1) is 0 Å². The summed E-state index contributed by atoms with van der Waals surface area (Å²) >= 11 is 0. The second kappa shape index (κ2) is 10.2. The molecule has 1 aliphatic carbocycles. The van der Waals surface area contributed by atoms with E-state index in [4.69, 9.17) is 0 Å². The summed E-state index contributed by atoms with van der Waals surface area (Å²) in [5, 5.41) is 3.65. The summed E-state index contributed by atoms with van der Waals surface area (Å²) in [7, 11) is 4.18. The third-order valence-electron chi connectivity index (χ3n) is 6.26. The summed E-state index contributed by atoms with van der Waals surface area (Å²) in [6, 6.07) is 9.81. The Morgan fingerprint density at radius 1 is 1.20 bits per heavy atom. The smallest absolute Gasteiger partial charge is 0.0397 e. The predicted octanol–water partition coefficient (Wildman–Crippen LogP) is 6.23. The summed E-state index contributed by atoms with van der Waals surface area (Å²) in [6.07, 6.45) is 16.2. The minimum Gasteiger partial charge on any atom is -0.377 e. The van der Waals surface area contributed by atoms with E-state index < -0.39 is 0 Å². The fraction of sp³-hybridized carbons (Fsp3) is 0.481. The Kier molecular flexibility index (Phi) is 7.60. The van der Waals surface area contributed by atoms with Crippen LogP contribution in [0.3, 0.4) is 0 Å². The van der Waals surface area contributed by atoms with Gasteiger partial charge in [-0.1, -0.05) is 44.6 Å². The Morgan fingerprint density at radius 3 is 2.67 bits per heavy atom. The molecule has 162 valence electrons. The molecule has 1 aromatic heterocycles. The van der Waals surface area contributed by atoms with E-state index in [-0.39, 0.29) is 5.41 Å². The van der Waals surface area contributed by atoms with E-state index in [0.29, 0.717) is 0 Å². The van der Waals surface area contributed by atoms with E-state index in [0.717, 1.165) is 25.4 Å². The highest BCUT2D eigenvalue weighted by atomic mass is 15.1. The number of anilines is 1. The first-order valence-electron chi connectivity index (χ1n) is 11.4. The number of unbranched alkanes of at least 4 members (excludes halogenated alkanes) is 1. The number of benzene rings is 1. The summed E-state index contributed by atoms with van der Waals surface area (Å²) in [6.45, 7) is 9.62. The monoisotopic (exact) mass is 405 g/mol. The Balaban J connectivity index is 1.63. The molecule has 0 bridgehead atoms. The van der Waals surface area contributed by atoms with E-state index in [9.17, 15) is 0 Å². The van der Waals surface area contributed by atoms with Crippen molar-refractivity contribution in [3.8, 4) is 11.1 Å². The van der Waals surface area contributed by atoms with E-state index in [2.05, 4.69) is 92.3 Å². The molecule has 1 aromatic carbocycles. The molecule has 0 unspecified atom stereocenters.